The van der Waals surface area contributed by atoms with E-state index in [0.29, 0.717) is 0 Å². The van der Waals surface area contributed by atoms with E-state index in [0.717, 1.165) is 17.3 Å². The maximum absolute atomic E-state index is 5.84. The average Bonchev–Trinajstić information content (AvgIpc) is 2.84. The molecule has 0 aliphatic heterocycles. The van der Waals surface area contributed by atoms with Gasteiger partial charge < -0.3 is 9.73 Å². The van der Waals surface area contributed by atoms with Crippen molar-refractivity contribution in [2.45, 2.75) is 19.5 Å². The van der Waals surface area contributed by atoms with E-state index in [9.17, 15) is 0 Å². The van der Waals surface area contributed by atoms with Crippen molar-refractivity contribution in [1.82, 2.24) is 5.32 Å². The Hall–Kier alpha value is -0.770. The van der Waals surface area contributed by atoms with Gasteiger partial charge in [-0.05, 0) is 25.1 Å². The minimum absolute atomic E-state index is 0.223. The summed E-state index contributed by atoms with van der Waals surface area (Å²) >= 11 is 7.50. The van der Waals surface area contributed by atoms with Gasteiger partial charge in [-0.2, -0.15) is 0 Å². The molecule has 1 atom stereocenters. The fraction of sp³-hybridized carbons (Fsp3) is 0.273. The summed E-state index contributed by atoms with van der Waals surface area (Å²) in [6.45, 7) is 2.90. The summed E-state index contributed by atoms with van der Waals surface area (Å²) in [5.74, 6) is 0.956. The van der Waals surface area contributed by atoms with Crippen LogP contribution in [-0.2, 0) is 6.54 Å². The summed E-state index contributed by atoms with van der Waals surface area (Å²) in [5, 5.41) is 6.12. The highest BCUT2D eigenvalue weighted by Gasteiger charge is 2.07. The minimum atomic E-state index is 0.223. The lowest BCUT2D eigenvalue weighted by Gasteiger charge is -2.09. The van der Waals surface area contributed by atoms with Gasteiger partial charge in [0.25, 0.3) is 0 Å². The summed E-state index contributed by atoms with van der Waals surface area (Å²) in [4.78, 5) is 1.23. The van der Waals surface area contributed by atoms with Crippen LogP contribution < -0.4 is 5.32 Å². The summed E-state index contributed by atoms with van der Waals surface area (Å²) in [6.07, 6.45) is 1.69. The molecule has 0 aliphatic carbocycles. The van der Waals surface area contributed by atoms with Gasteiger partial charge in [0.1, 0.15) is 5.76 Å². The molecule has 0 saturated carbocycles. The zero-order chi connectivity index (χ0) is 10.7. The van der Waals surface area contributed by atoms with E-state index < -0.39 is 0 Å². The zero-order valence-corrected chi connectivity index (χ0v) is 9.94. The lowest BCUT2D eigenvalue weighted by Crippen LogP contribution is -2.16. The molecule has 0 spiro atoms. The molecule has 0 bridgehead atoms. The van der Waals surface area contributed by atoms with Crippen LogP contribution in [0.1, 0.15) is 23.6 Å². The van der Waals surface area contributed by atoms with Crippen molar-refractivity contribution >= 4 is 22.9 Å². The molecule has 1 N–H and O–H groups in total. The number of nitrogens with one attached hydrogen (secondary N) is 1. The molecular formula is C11H12ClNOS. The van der Waals surface area contributed by atoms with Gasteiger partial charge in [0, 0.05) is 16.8 Å². The standard InChI is InChI=1S/C11H12ClNOS/c1-8(11-3-2-4-14-11)13-6-10-5-9(12)7-15-10/h2-5,7-8,13H,6H2,1H3/t8-/m1/s1. The smallest absolute Gasteiger partial charge is 0.120 e. The van der Waals surface area contributed by atoms with Crippen LogP contribution in [0.2, 0.25) is 5.02 Å². The van der Waals surface area contributed by atoms with E-state index in [1.54, 1.807) is 17.6 Å². The van der Waals surface area contributed by atoms with Crippen LogP contribution in [0.5, 0.6) is 0 Å². The summed E-state index contributed by atoms with van der Waals surface area (Å²) < 4.78 is 5.30. The van der Waals surface area contributed by atoms with E-state index in [1.807, 2.05) is 23.6 Å². The predicted molar refractivity (Wildman–Crippen MR) is 63.3 cm³/mol. The monoisotopic (exact) mass is 241 g/mol. The second kappa shape index (κ2) is 4.84. The summed E-state index contributed by atoms with van der Waals surface area (Å²) in [6, 6.07) is 6.07. The first-order valence-electron chi connectivity index (χ1n) is 4.75. The quantitative estimate of drug-likeness (QED) is 0.880. The normalized spacial score (nSPS) is 12.9. The summed E-state index contributed by atoms with van der Waals surface area (Å²) in [5.41, 5.74) is 0. The number of hydrogen-bond acceptors (Lipinski definition) is 3. The van der Waals surface area contributed by atoms with Crippen molar-refractivity contribution in [3.63, 3.8) is 0 Å². The minimum Gasteiger partial charge on any atom is -0.468 e. The molecule has 15 heavy (non-hydrogen) atoms. The van der Waals surface area contributed by atoms with Crippen LogP contribution in [0.4, 0.5) is 0 Å². The Morgan fingerprint density at radius 1 is 1.60 bits per heavy atom. The van der Waals surface area contributed by atoms with Gasteiger partial charge in [0.15, 0.2) is 0 Å². The van der Waals surface area contributed by atoms with E-state index in [1.165, 1.54) is 4.88 Å². The van der Waals surface area contributed by atoms with Crippen LogP contribution in [0.3, 0.4) is 0 Å². The third kappa shape index (κ3) is 2.84. The maximum atomic E-state index is 5.84. The van der Waals surface area contributed by atoms with Crippen molar-refractivity contribution in [1.29, 1.82) is 0 Å². The van der Waals surface area contributed by atoms with Gasteiger partial charge in [-0.15, -0.1) is 11.3 Å². The molecule has 2 aromatic rings. The molecule has 0 aromatic carbocycles. The highest BCUT2D eigenvalue weighted by Crippen LogP contribution is 2.20. The molecule has 4 heteroatoms. The fourth-order valence-electron chi connectivity index (χ4n) is 1.34. The molecule has 80 valence electrons. The van der Waals surface area contributed by atoms with Crippen LogP contribution in [0.25, 0.3) is 0 Å². The molecule has 0 saturated heterocycles. The molecule has 2 aromatic heterocycles. The molecule has 2 nitrogen and oxygen atoms in total. The van der Waals surface area contributed by atoms with Crippen LogP contribution in [0.15, 0.2) is 34.3 Å². The molecule has 2 rings (SSSR count). The van der Waals surface area contributed by atoms with Gasteiger partial charge >= 0.3 is 0 Å². The van der Waals surface area contributed by atoms with E-state index >= 15 is 0 Å². The number of thiophene rings is 1. The van der Waals surface area contributed by atoms with Crippen LogP contribution in [-0.4, -0.2) is 0 Å². The first-order valence-corrected chi connectivity index (χ1v) is 6.01. The second-order valence-electron chi connectivity index (χ2n) is 3.35. The predicted octanol–water partition coefficient (Wildman–Crippen LogP) is 3.85. The van der Waals surface area contributed by atoms with Gasteiger partial charge in [0.2, 0.25) is 0 Å². The van der Waals surface area contributed by atoms with Gasteiger partial charge in [-0.1, -0.05) is 11.6 Å². The molecule has 0 aliphatic rings. The van der Waals surface area contributed by atoms with E-state index in [-0.39, 0.29) is 6.04 Å². The molecule has 0 unspecified atom stereocenters. The third-order valence-corrected chi connectivity index (χ3v) is 3.46. The molecule has 0 radical (unpaired) electrons. The van der Waals surface area contributed by atoms with Gasteiger partial charge in [0.05, 0.1) is 17.3 Å². The Kier molecular flexibility index (Phi) is 3.46. The van der Waals surface area contributed by atoms with E-state index in [2.05, 4.69) is 12.2 Å². The van der Waals surface area contributed by atoms with Crippen LogP contribution >= 0.6 is 22.9 Å². The first kappa shape index (κ1) is 10.7. The molecule has 0 amide bonds. The Balaban J connectivity index is 1.88. The molecule has 0 fully saturated rings. The Morgan fingerprint density at radius 2 is 2.47 bits per heavy atom. The highest BCUT2D eigenvalue weighted by molar-refractivity contribution is 7.10. The van der Waals surface area contributed by atoms with Crippen molar-refractivity contribution in [2.24, 2.45) is 0 Å². The molecule has 2 heterocycles. The van der Waals surface area contributed by atoms with Crippen molar-refractivity contribution in [2.75, 3.05) is 0 Å². The first-order chi connectivity index (χ1) is 7.25. The lowest BCUT2D eigenvalue weighted by atomic mass is 10.2. The third-order valence-electron chi connectivity index (χ3n) is 2.17. The Labute approximate surface area is 97.9 Å². The number of halogens is 1. The van der Waals surface area contributed by atoms with Crippen molar-refractivity contribution in [3.05, 3.63) is 45.5 Å². The van der Waals surface area contributed by atoms with E-state index in [4.69, 9.17) is 16.0 Å². The SMILES string of the molecule is C[C@@H](NCc1cc(Cl)cs1)c1ccco1. The highest BCUT2D eigenvalue weighted by atomic mass is 35.5. The number of furan rings is 1. The summed E-state index contributed by atoms with van der Waals surface area (Å²) in [7, 11) is 0. The topological polar surface area (TPSA) is 25.2 Å². The zero-order valence-electron chi connectivity index (χ0n) is 8.37. The van der Waals surface area contributed by atoms with Gasteiger partial charge in [-0.25, -0.2) is 0 Å². The largest absolute Gasteiger partial charge is 0.468 e. The second-order valence-corrected chi connectivity index (χ2v) is 4.78. The fourth-order valence-corrected chi connectivity index (χ4v) is 2.36. The average molecular weight is 242 g/mol. The Morgan fingerprint density at radius 3 is 3.07 bits per heavy atom. The van der Waals surface area contributed by atoms with Crippen molar-refractivity contribution < 1.29 is 4.42 Å². The van der Waals surface area contributed by atoms with Gasteiger partial charge in [-0.3, -0.25) is 0 Å². The molecular weight excluding hydrogens is 230 g/mol. The van der Waals surface area contributed by atoms with Crippen molar-refractivity contribution in [3.8, 4) is 0 Å². The van der Waals surface area contributed by atoms with Crippen LogP contribution in [0, 0.1) is 0 Å². The maximum Gasteiger partial charge on any atom is 0.120 e. The number of hydrogen-bond donors (Lipinski definition) is 1. The Bertz CT molecular complexity index is 410. The number of rotatable bonds is 4. The lowest BCUT2D eigenvalue weighted by molar-refractivity contribution is 0.431.